The molecule has 175 valence electrons. The van der Waals surface area contributed by atoms with E-state index in [-0.39, 0.29) is 35.5 Å². The van der Waals surface area contributed by atoms with E-state index in [2.05, 4.69) is 12.2 Å². The molecule has 0 aromatic rings. The minimum Gasteiger partial charge on any atom is -0.481 e. The van der Waals surface area contributed by atoms with Crippen LogP contribution in [0.4, 0.5) is 0 Å². The van der Waals surface area contributed by atoms with Crippen LogP contribution in [0, 0.1) is 0 Å². The molecule has 0 aromatic carbocycles. The summed E-state index contributed by atoms with van der Waals surface area (Å²) >= 11 is 0. The predicted molar refractivity (Wildman–Crippen MR) is 120 cm³/mol. The Hall–Kier alpha value is -1.16. The Balaban J connectivity index is -0.000000131. The van der Waals surface area contributed by atoms with Gasteiger partial charge in [-0.2, -0.15) is 0 Å². The fraction of sp³-hybridized carbons (Fsp3) is 0.800. The molecule has 0 unspecified atom stereocenters. The number of unbranched alkanes of at least 4 members (excludes halogenated alkanes) is 8. The van der Waals surface area contributed by atoms with Gasteiger partial charge in [-0.25, -0.2) is 0 Å². The van der Waals surface area contributed by atoms with Crippen LogP contribution in [0.1, 0.15) is 91.9 Å². The van der Waals surface area contributed by atoms with Gasteiger partial charge < -0.3 is 26.4 Å². The molecule has 0 aliphatic heterocycles. The van der Waals surface area contributed by atoms with Gasteiger partial charge in [0.05, 0.1) is 0 Å². The molecular weight excluding hydrogens is 403 g/mol. The largest absolute Gasteiger partial charge is 0.481 e. The van der Waals surface area contributed by atoms with Crippen molar-refractivity contribution < 1.29 is 34.5 Å². The van der Waals surface area contributed by atoms with Crippen molar-refractivity contribution in [3.8, 4) is 0 Å². The summed E-state index contributed by atoms with van der Waals surface area (Å²) in [5, 5.41) is 25.0. The minimum absolute atomic E-state index is 0. The van der Waals surface area contributed by atoms with Gasteiger partial charge in [-0.15, -0.1) is 0 Å². The van der Waals surface area contributed by atoms with Gasteiger partial charge in [-0.05, 0) is 6.42 Å². The topological polar surface area (TPSA) is 167 Å². The molecule has 9 nitrogen and oxygen atoms in total. The molecule has 0 bridgehead atoms. The van der Waals surface area contributed by atoms with Crippen LogP contribution < -0.4 is 11.1 Å². The fourth-order valence-corrected chi connectivity index (χ4v) is 1.90. The van der Waals surface area contributed by atoms with Crippen LogP contribution in [0.25, 0.3) is 0 Å². The number of carbonyl (C=O) groups excluding carboxylic acids is 1. The SMILES string of the molecule is CC(=O)O.CC(=O)O.CC(=O)O.CCCCCCCCCCCC(=O)NCCN.[Na]. The molecule has 0 spiro atoms. The van der Waals surface area contributed by atoms with E-state index in [4.69, 9.17) is 35.4 Å². The third-order valence-electron chi connectivity index (χ3n) is 2.97. The van der Waals surface area contributed by atoms with Crippen LogP contribution in [0.3, 0.4) is 0 Å². The Labute approximate surface area is 203 Å². The fourth-order valence-electron chi connectivity index (χ4n) is 1.90. The number of carboxylic acids is 3. The van der Waals surface area contributed by atoms with Crippen molar-refractivity contribution in [3.63, 3.8) is 0 Å². The first-order chi connectivity index (χ1) is 13.5. The number of amides is 1. The summed E-state index contributed by atoms with van der Waals surface area (Å²) in [7, 11) is 0. The molecule has 0 heterocycles. The molecule has 0 aliphatic carbocycles. The molecule has 1 radical (unpaired) electrons. The number of carboxylic acid groups (broad SMARTS) is 3. The molecule has 6 N–H and O–H groups in total. The Morgan fingerprint density at radius 3 is 1.30 bits per heavy atom. The Morgan fingerprint density at radius 2 is 1.00 bits per heavy atom. The van der Waals surface area contributed by atoms with E-state index in [1.807, 2.05) is 0 Å². The van der Waals surface area contributed by atoms with E-state index in [9.17, 15) is 4.79 Å². The summed E-state index contributed by atoms with van der Waals surface area (Å²) in [5.74, 6) is -2.35. The first-order valence-electron chi connectivity index (χ1n) is 10.1. The van der Waals surface area contributed by atoms with E-state index in [1.54, 1.807) is 0 Å². The minimum atomic E-state index is -0.833. The van der Waals surface area contributed by atoms with Crippen LogP contribution in [0.5, 0.6) is 0 Å². The summed E-state index contributed by atoms with van der Waals surface area (Å²) in [6.45, 7) is 6.63. The molecule has 0 rings (SSSR count). The zero-order valence-corrected chi connectivity index (χ0v) is 21.5. The smallest absolute Gasteiger partial charge is 0.300 e. The molecule has 10 heteroatoms. The van der Waals surface area contributed by atoms with Crippen molar-refractivity contribution in [2.24, 2.45) is 5.73 Å². The van der Waals surface area contributed by atoms with Crippen molar-refractivity contribution in [2.75, 3.05) is 13.1 Å². The molecular formula is C20H42N2NaO7. The van der Waals surface area contributed by atoms with Crippen molar-refractivity contribution in [2.45, 2.75) is 91.9 Å². The van der Waals surface area contributed by atoms with E-state index < -0.39 is 17.9 Å². The van der Waals surface area contributed by atoms with Crippen molar-refractivity contribution >= 4 is 53.4 Å². The molecule has 0 saturated carbocycles. The average Bonchev–Trinajstić information content (AvgIpc) is 2.57. The van der Waals surface area contributed by atoms with Crippen molar-refractivity contribution in [3.05, 3.63) is 0 Å². The number of nitrogens with one attached hydrogen (secondary N) is 1. The molecule has 1 amide bonds. The second kappa shape index (κ2) is 35.3. The quantitative estimate of drug-likeness (QED) is 0.226. The van der Waals surface area contributed by atoms with Gasteiger partial charge in [0.25, 0.3) is 17.9 Å². The summed E-state index contributed by atoms with van der Waals surface area (Å²) in [6, 6.07) is 0. The zero-order chi connectivity index (χ0) is 23.5. The van der Waals surface area contributed by atoms with Crippen molar-refractivity contribution in [1.29, 1.82) is 0 Å². The molecule has 30 heavy (non-hydrogen) atoms. The number of hydrogen-bond donors (Lipinski definition) is 5. The molecule has 0 saturated heterocycles. The number of carbonyl (C=O) groups is 4. The maximum Gasteiger partial charge on any atom is 0.300 e. The zero-order valence-electron chi connectivity index (χ0n) is 19.5. The number of rotatable bonds is 12. The number of hydrogen-bond acceptors (Lipinski definition) is 5. The Morgan fingerprint density at radius 1 is 0.700 bits per heavy atom. The summed E-state index contributed by atoms with van der Waals surface area (Å²) in [6.07, 6.45) is 12.3. The van der Waals surface area contributed by atoms with Crippen LogP contribution in [-0.2, 0) is 19.2 Å². The van der Waals surface area contributed by atoms with Crippen LogP contribution >= 0.6 is 0 Å². The average molecular weight is 446 g/mol. The first-order valence-corrected chi connectivity index (χ1v) is 10.1. The van der Waals surface area contributed by atoms with Crippen LogP contribution in [-0.4, -0.2) is 81.8 Å². The first kappa shape index (κ1) is 39.3. The maximum absolute atomic E-state index is 11.2. The van der Waals surface area contributed by atoms with Crippen LogP contribution in [0.2, 0.25) is 0 Å². The second-order valence-electron chi connectivity index (χ2n) is 6.27. The number of aliphatic carboxylic acids is 3. The monoisotopic (exact) mass is 445 g/mol. The normalized spacial score (nSPS) is 8.43. The van der Waals surface area contributed by atoms with Gasteiger partial charge >= 0.3 is 0 Å². The number of nitrogens with two attached hydrogens (primary N) is 1. The van der Waals surface area contributed by atoms with Gasteiger partial charge in [0.2, 0.25) is 5.91 Å². The van der Waals surface area contributed by atoms with E-state index in [0.29, 0.717) is 19.5 Å². The van der Waals surface area contributed by atoms with Crippen LogP contribution in [0.15, 0.2) is 0 Å². The molecule has 0 aliphatic rings. The Bertz CT molecular complexity index is 368. The maximum atomic E-state index is 11.2. The molecule has 0 atom stereocenters. The van der Waals surface area contributed by atoms with Gasteiger partial charge in [-0.1, -0.05) is 58.3 Å². The summed E-state index contributed by atoms with van der Waals surface area (Å²) in [5.41, 5.74) is 5.31. The standard InChI is InChI=1S/C14H30N2O.3C2H4O2.Na/c1-2-3-4-5-6-7-8-9-10-11-14(17)16-13-12-15;3*1-2(3)4;/h2-13,15H2,1H3,(H,16,17);3*1H3,(H,3,4);. The third-order valence-corrected chi connectivity index (χ3v) is 2.97. The third kappa shape index (κ3) is 93.6. The summed E-state index contributed by atoms with van der Waals surface area (Å²) < 4.78 is 0. The van der Waals surface area contributed by atoms with E-state index in [0.717, 1.165) is 27.2 Å². The Kier molecular flexibility index (Phi) is 46.3. The van der Waals surface area contributed by atoms with E-state index in [1.165, 1.54) is 51.4 Å². The predicted octanol–water partition coefficient (Wildman–Crippen LogP) is 2.87. The van der Waals surface area contributed by atoms with Gasteiger partial charge in [-0.3, -0.25) is 19.2 Å². The van der Waals surface area contributed by atoms with Gasteiger partial charge in [0.15, 0.2) is 0 Å². The molecule has 0 aromatic heterocycles. The summed E-state index contributed by atoms with van der Waals surface area (Å²) in [4.78, 5) is 38.2. The van der Waals surface area contributed by atoms with Gasteiger partial charge in [0.1, 0.15) is 0 Å². The second-order valence-corrected chi connectivity index (χ2v) is 6.27. The van der Waals surface area contributed by atoms with Gasteiger partial charge in [0, 0.05) is 69.8 Å². The molecule has 0 fully saturated rings. The van der Waals surface area contributed by atoms with E-state index >= 15 is 0 Å². The van der Waals surface area contributed by atoms with Crippen molar-refractivity contribution in [1.82, 2.24) is 5.32 Å².